The van der Waals surface area contributed by atoms with Crippen LogP contribution in [0.3, 0.4) is 0 Å². The van der Waals surface area contributed by atoms with Gasteiger partial charge in [0.1, 0.15) is 17.2 Å². The summed E-state index contributed by atoms with van der Waals surface area (Å²) >= 11 is 6.35. The third-order valence-electron chi connectivity index (χ3n) is 5.07. The molecule has 0 atom stereocenters. The van der Waals surface area contributed by atoms with E-state index in [4.69, 9.17) is 25.8 Å². The van der Waals surface area contributed by atoms with Crippen LogP contribution in [0.1, 0.15) is 35.8 Å². The highest BCUT2D eigenvalue weighted by molar-refractivity contribution is 6.32. The van der Waals surface area contributed by atoms with E-state index < -0.39 is 5.97 Å². The highest BCUT2D eigenvalue weighted by Gasteiger charge is 2.25. The molecule has 162 valence electrons. The van der Waals surface area contributed by atoms with E-state index in [1.54, 1.807) is 24.8 Å². The summed E-state index contributed by atoms with van der Waals surface area (Å²) < 4.78 is 18.0. The number of carbonyl (C=O) groups excluding carboxylic acids is 1. The zero-order valence-electron chi connectivity index (χ0n) is 17.5. The molecule has 0 bridgehead atoms. The first-order valence-corrected chi connectivity index (χ1v) is 10.6. The first-order chi connectivity index (χ1) is 15.1. The maximum atomic E-state index is 12.6. The third-order valence-corrected chi connectivity index (χ3v) is 5.38. The summed E-state index contributed by atoms with van der Waals surface area (Å²) in [5, 5.41) is 8.87. The molecule has 1 saturated carbocycles. The van der Waals surface area contributed by atoms with Gasteiger partial charge in [0.05, 0.1) is 31.9 Å². The van der Waals surface area contributed by atoms with Crippen molar-refractivity contribution in [2.45, 2.75) is 26.3 Å². The van der Waals surface area contributed by atoms with Crippen molar-refractivity contribution in [3.8, 4) is 22.8 Å². The maximum Gasteiger partial charge on any atom is 0.361 e. The fraction of sp³-hybridized carbons (Fsp3) is 0.348. The number of hydrogen-bond donors (Lipinski definition) is 0. The van der Waals surface area contributed by atoms with Gasteiger partial charge in [0.2, 0.25) is 0 Å². The van der Waals surface area contributed by atoms with Crippen LogP contribution >= 0.6 is 11.6 Å². The van der Waals surface area contributed by atoms with Gasteiger partial charge in [0.15, 0.2) is 5.69 Å². The Morgan fingerprint density at radius 2 is 1.97 bits per heavy atom. The molecule has 0 unspecified atom stereocenters. The van der Waals surface area contributed by atoms with E-state index in [0.29, 0.717) is 35.5 Å². The smallest absolute Gasteiger partial charge is 0.361 e. The highest BCUT2D eigenvalue weighted by atomic mass is 35.5. The van der Waals surface area contributed by atoms with Crippen molar-refractivity contribution in [3.05, 3.63) is 58.7 Å². The molecule has 0 N–H and O–H groups in total. The predicted octanol–water partition coefficient (Wildman–Crippen LogP) is 4.62. The maximum absolute atomic E-state index is 12.6. The number of benzene rings is 2. The lowest BCUT2D eigenvalue weighted by Gasteiger charge is -2.12. The van der Waals surface area contributed by atoms with Gasteiger partial charge in [0, 0.05) is 5.56 Å². The van der Waals surface area contributed by atoms with Crippen LogP contribution < -0.4 is 9.47 Å². The molecule has 1 aliphatic rings. The molecule has 31 heavy (non-hydrogen) atoms. The molecular formula is C23H24ClN3O4. The monoisotopic (exact) mass is 441 g/mol. The molecular weight excluding hydrogens is 418 g/mol. The van der Waals surface area contributed by atoms with Gasteiger partial charge in [-0.2, -0.15) is 0 Å². The standard InChI is InChI=1S/C23H24ClN3O4/c1-3-30-23(28)21-22(17-8-11-19(24)20(12-17)31-14-16-4-5-16)27(26-25-21)13-15-6-9-18(29-2)10-7-15/h6-12,16H,3-5,13-14H2,1-2H3. The number of aromatic nitrogens is 3. The van der Waals surface area contributed by atoms with Crippen LogP contribution in [-0.4, -0.2) is 41.3 Å². The molecule has 2 aromatic carbocycles. The average Bonchev–Trinajstić information content (AvgIpc) is 3.52. The van der Waals surface area contributed by atoms with E-state index in [1.165, 1.54) is 12.8 Å². The molecule has 1 fully saturated rings. The Labute approximate surface area is 185 Å². The van der Waals surface area contributed by atoms with Crippen LogP contribution in [0.2, 0.25) is 5.02 Å². The van der Waals surface area contributed by atoms with Gasteiger partial charge < -0.3 is 14.2 Å². The minimum absolute atomic E-state index is 0.158. The second-order valence-electron chi connectivity index (χ2n) is 7.41. The SMILES string of the molecule is CCOC(=O)c1nnn(Cc2ccc(OC)cc2)c1-c1ccc(Cl)c(OCC2CC2)c1. The van der Waals surface area contributed by atoms with Gasteiger partial charge in [-0.25, -0.2) is 9.48 Å². The molecule has 1 aliphatic carbocycles. The largest absolute Gasteiger partial charge is 0.497 e. The summed E-state index contributed by atoms with van der Waals surface area (Å²) in [6.07, 6.45) is 2.37. The van der Waals surface area contributed by atoms with E-state index in [9.17, 15) is 4.79 Å². The first kappa shape index (κ1) is 21.2. The van der Waals surface area contributed by atoms with Crippen molar-refractivity contribution >= 4 is 17.6 Å². The summed E-state index contributed by atoms with van der Waals surface area (Å²) in [4.78, 5) is 12.6. The van der Waals surface area contributed by atoms with Crippen molar-refractivity contribution in [3.63, 3.8) is 0 Å². The van der Waals surface area contributed by atoms with Crippen LogP contribution in [0.4, 0.5) is 0 Å². The molecule has 0 amide bonds. The van der Waals surface area contributed by atoms with E-state index in [2.05, 4.69) is 10.3 Å². The molecule has 0 radical (unpaired) electrons. The number of esters is 1. The lowest BCUT2D eigenvalue weighted by atomic mass is 10.1. The number of ether oxygens (including phenoxy) is 3. The van der Waals surface area contributed by atoms with E-state index >= 15 is 0 Å². The first-order valence-electron chi connectivity index (χ1n) is 10.2. The van der Waals surface area contributed by atoms with Crippen molar-refractivity contribution in [2.24, 2.45) is 5.92 Å². The Bertz CT molecular complexity index is 1060. The summed E-state index contributed by atoms with van der Waals surface area (Å²) in [5.41, 5.74) is 2.44. The summed E-state index contributed by atoms with van der Waals surface area (Å²) in [5.74, 6) is 1.42. The summed E-state index contributed by atoms with van der Waals surface area (Å²) in [7, 11) is 1.62. The van der Waals surface area contributed by atoms with E-state index in [-0.39, 0.29) is 12.3 Å². The lowest BCUT2D eigenvalue weighted by Crippen LogP contribution is -2.09. The Kier molecular flexibility index (Phi) is 6.42. The van der Waals surface area contributed by atoms with Crippen molar-refractivity contribution in [1.29, 1.82) is 0 Å². The third kappa shape index (κ3) is 4.99. The molecule has 8 heteroatoms. The predicted molar refractivity (Wildman–Crippen MR) is 117 cm³/mol. The van der Waals surface area contributed by atoms with Crippen LogP contribution in [0.5, 0.6) is 11.5 Å². The van der Waals surface area contributed by atoms with Crippen LogP contribution in [0, 0.1) is 5.92 Å². The normalized spacial score (nSPS) is 13.1. The van der Waals surface area contributed by atoms with Gasteiger partial charge in [-0.1, -0.05) is 35.0 Å². The Morgan fingerprint density at radius 1 is 1.19 bits per heavy atom. The lowest BCUT2D eigenvalue weighted by molar-refractivity contribution is 0.0520. The minimum atomic E-state index is -0.520. The number of carbonyl (C=O) groups is 1. The zero-order chi connectivity index (χ0) is 21.8. The van der Waals surface area contributed by atoms with E-state index in [1.807, 2.05) is 36.4 Å². The quantitative estimate of drug-likeness (QED) is 0.451. The number of methoxy groups -OCH3 is 1. The van der Waals surface area contributed by atoms with Gasteiger partial charge in [-0.15, -0.1) is 5.10 Å². The number of halogens is 1. The zero-order valence-corrected chi connectivity index (χ0v) is 18.3. The average molecular weight is 442 g/mol. The van der Waals surface area contributed by atoms with Crippen LogP contribution in [0.15, 0.2) is 42.5 Å². The molecule has 4 rings (SSSR count). The molecule has 0 aliphatic heterocycles. The van der Waals surface area contributed by atoms with E-state index in [0.717, 1.165) is 16.9 Å². The highest BCUT2D eigenvalue weighted by Crippen LogP contribution is 2.35. The second-order valence-corrected chi connectivity index (χ2v) is 7.82. The number of rotatable bonds is 9. The Hall–Kier alpha value is -3.06. The number of hydrogen-bond acceptors (Lipinski definition) is 6. The topological polar surface area (TPSA) is 75.5 Å². The van der Waals surface area contributed by atoms with Gasteiger partial charge in [0.25, 0.3) is 0 Å². The molecule has 0 spiro atoms. The minimum Gasteiger partial charge on any atom is -0.497 e. The molecule has 1 aromatic heterocycles. The molecule has 7 nitrogen and oxygen atoms in total. The Morgan fingerprint density at radius 3 is 2.65 bits per heavy atom. The molecule has 3 aromatic rings. The van der Waals surface area contributed by atoms with Gasteiger partial charge >= 0.3 is 5.97 Å². The second kappa shape index (κ2) is 9.39. The Balaban J connectivity index is 1.70. The van der Waals surface area contributed by atoms with Crippen molar-refractivity contribution in [1.82, 2.24) is 15.0 Å². The summed E-state index contributed by atoms with van der Waals surface area (Å²) in [6.45, 7) is 3.06. The fourth-order valence-electron chi connectivity index (χ4n) is 3.20. The van der Waals surface area contributed by atoms with Crippen molar-refractivity contribution < 1.29 is 19.0 Å². The fourth-order valence-corrected chi connectivity index (χ4v) is 3.38. The number of nitrogens with zero attached hydrogens (tertiary/aromatic N) is 3. The van der Waals surface area contributed by atoms with Gasteiger partial charge in [-0.3, -0.25) is 0 Å². The molecule has 1 heterocycles. The summed E-state index contributed by atoms with van der Waals surface area (Å²) in [6, 6.07) is 13.1. The van der Waals surface area contributed by atoms with Crippen LogP contribution in [0.25, 0.3) is 11.3 Å². The van der Waals surface area contributed by atoms with Crippen molar-refractivity contribution in [2.75, 3.05) is 20.3 Å². The van der Waals surface area contributed by atoms with Gasteiger partial charge in [-0.05, 0) is 55.5 Å². The van der Waals surface area contributed by atoms with Crippen LogP contribution in [-0.2, 0) is 11.3 Å². The molecule has 0 saturated heterocycles.